The number of nitrogens with zero attached hydrogens (tertiary/aromatic N) is 3. The van der Waals surface area contributed by atoms with E-state index in [2.05, 4.69) is 4.99 Å². The van der Waals surface area contributed by atoms with Crippen molar-refractivity contribution in [3.63, 3.8) is 0 Å². The molecule has 3 rings (SSSR count). The molecule has 1 amide bonds. The highest BCUT2D eigenvalue weighted by atomic mass is 19.4. The van der Waals surface area contributed by atoms with Gasteiger partial charge in [0, 0.05) is 43.7 Å². The van der Waals surface area contributed by atoms with Crippen molar-refractivity contribution in [3.05, 3.63) is 58.7 Å². The maximum absolute atomic E-state index is 13.5. The Morgan fingerprint density at radius 1 is 1.03 bits per heavy atom. The zero-order valence-corrected chi connectivity index (χ0v) is 20.3. The molecule has 186 valence electrons. The molecule has 0 fully saturated rings. The summed E-state index contributed by atoms with van der Waals surface area (Å²) in [7, 11) is 3.21. The monoisotopic (exact) mass is 487 g/mol. The Hall–Kier alpha value is -3.62. The van der Waals surface area contributed by atoms with Crippen molar-refractivity contribution < 1.29 is 27.9 Å². The molecule has 1 aromatic heterocycles. The van der Waals surface area contributed by atoms with E-state index in [1.54, 1.807) is 33.2 Å². The van der Waals surface area contributed by atoms with Crippen molar-refractivity contribution in [1.82, 2.24) is 9.47 Å². The Labute approximate surface area is 201 Å². The van der Waals surface area contributed by atoms with Crippen LogP contribution in [-0.2, 0) is 15.8 Å². The average Bonchev–Trinajstić information content (AvgIpc) is 3.05. The Morgan fingerprint density at radius 2 is 1.66 bits per heavy atom. The van der Waals surface area contributed by atoms with Crippen molar-refractivity contribution in [2.24, 2.45) is 4.99 Å². The lowest BCUT2D eigenvalue weighted by Gasteiger charge is -2.11. The smallest absolute Gasteiger partial charge is 0.416 e. The van der Waals surface area contributed by atoms with Crippen molar-refractivity contribution in [2.45, 2.75) is 39.8 Å². The highest BCUT2D eigenvalue weighted by Crippen LogP contribution is 2.39. The van der Waals surface area contributed by atoms with Gasteiger partial charge in [0.25, 0.3) is 0 Å². The molecule has 0 aliphatic rings. The third-order valence-electron chi connectivity index (χ3n) is 5.71. The second kappa shape index (κ2) is 9.93. The Kier molecular flexibility index (Phi) is 7.38. The fraction of sp³-hybridized carbons (Fsp3) is 0.346. The third-order valence-corrected chi connectivity index (χ3v) is 5.71. The zero-order valence-electron chi connectivity index (χ0n) is 20.3. The Balaban J connectivity index is 2.09. The van der Waals surface area contributed by atoms with Gasteiger partial charge in [-0.1, -0.05) is 12.1 Å². The first-order valence-electron chi connectivity index (χ1n) is 11.1. The van der Waals surface area contributed by atoms with Gasteiger partial charge >= 0.3 is 6.18 Å². The van der Waals surface area contributed by atoms with Crippen LogP contribution >= 0.6 is 0 Å². The lowest BCUT2D eigenvalue weighted by molar-refractivity contribution is -0.137. The summed E-state index contributed by atoms with van der Waals surface area (Å²) in [5.41, 5.74) is 2.19. The number of alkyl halides is 3. The van der Waals surface area contributed by atoms with Crippen molar-refractivity contribution in [3.8, 4) is 11.6 Å². The van der Waals surface area contributed by atoms with Crippen LogP contribution in [-0.4, -0.2) is 52.6 Å². The topological polar surface area (TPSA) is 74.9 Å². The van der Waals surface area contributed by atoms with Gasteiger partial charge in [-0.05, 0) is 56.2 Å². The van der Waals surface area contributed by atoms with Crippen LogP contribution < -0.4 is 0 Å². The SMILES string of the molecule is CC(=NCC(=O)CCC(=O)N(C)C)c1c(O)n(-c2cc(C)cc(C)c2)c2cc(C(F)(F)F)ccc12. The van der Waals surface area contributed by atoms with Crippen LogP contribution in [0.5, 0.6) is 5.88 Å². The molecular weight excluding hydrogens is 459 g/mol. The van der Waals surface area contributed by atoms with Gasteiger partial charge in [-0.25, -0.2) is 0 Å². The summed E-state index contributed by atoms with van der Waals surface area (Å²) in [5, 5.41) is 11.6. The number of ketones is 1. The van der Waals surface area contributed by atoms with Gasteiger partial charge in [0.15, 0.2) is 5.78 Å². The number of aliphatic imine (C=N–C) groups is 1. The molecule has 0 saturated heterocycles. The quantitative estimate of drug-likeness (QED) is 0.465. The molecule has 0 unspecified atom stereocenters. The number of amides is 1. The van der Waals surface area contributed by atoms with Crippen LogP contribution in [0.2, 0.25) is 0 Å². The number of halogens is 3. The molecule has 2 aromatic carbocycles. The standard InChI is InChI=1S/C26H28F3N3O3/c1-15-10-16(2)12-19(11-15)32-22-13-18(26(27,28)29)6-8-21(22)24(25(32)35)17(3)30-14-20(33)7-9-23(34)31(4)5/h6,8,10-13,35H,7,9,14H2,1-5H3. The number of aryl methyl sites for hydroxylation is 2. The number of aromatic nitrogens is 1. The molecule has 0 atom stereocenters. The van der Waals surface area contributed by atoms with Gasteiger partial charge in [0.2, 0.25) is 11.8 Å². The predicted octanol–water partition coefficient (Wildman–Crippen LogP) is 5.22. The number of carbonyl (C=O) groups excluding carboxylic acids is 2. The molecule has 0 bridgehead atoms. The maximum atomic E-state index is 13.5. The third kappa shape index (κ3) is 5.72. The van der Waals surface area contributed by atoms with Gasteiger partial charge in [-0.15, -0.1) is 0 Å². The second-order valence-corrected chi connectivity index (χ2v) is 8.84. The predicted molar refractivity (Wildman–Crippen MR) is 129 cm³/mol. The number of fused-ring (bicyclic) bond motifs is 1. The summed E-state index contributed by atoms with van der Waals surface area (Å²) in [6.07, 6.45) is -4.46. The first-order valence-corrected chi connectivity index (χ1v) is 11.1. The van der Waals surface area contributed by atoms with Crippen LogP contribution in [0.3, 0.4) is 0 Å². The highest BCUT2D eigenvalue weighted by Gasteiger charge is 2.32. The van der Waals surface area contributed by atoms with Crippen LogP contribution in [0.1, 0.15) is 42.0 Å². The molecule has 0 aliphatic heterocycles. The molecular formula is C26H28F3N3O3. The molecule has 0 aliphatic carbocycles. The Bertz CT molecular complexity index is 1300. The summed E-state index contributed by atoms with van der Waals surface area (Å²) in [6, 6.07) is 8.74. The highest BCUT2D eigenvalue weighted by molar-refractivity contribution is 6.13. The summed E-state index contributed by atoms with van der Waals surface area (Å²) in [6.45, 7) is 5.11. The van der Waals surface area contributed by atoms with E-state index >= 15 is 0 Å². The van der Waals surface area contributed by atoms with E-state index in [9.17, 15) is 27.9 Å². The molecule has 35 heavy (non-hydrogen) atoms. The second-order valence-electron chi connectivity index (χ2n) is 8.84. The summed E-state index contributed by atoms with van der Waals surface area (Å²) in [4.78, 5) is 29.6. The molecule has 9 heteroatoms. The fourth-order valence-corrected chi connectivity index (χ4v) is 3.98. The molecule has 1 heterocycles. The molecule has 1 N–H and O–H groups in total. The van der Waals surface area contributed by atoms with E-state index in [0.29, 0.717) is 16.8 Å². The number of Topliss-reactive ketones (excluding diaryl/α,β-unsaturated/α-hetero) is 1. The number of hydrogen-bond donors (Lipinski definition) is 1. The molecule has 0 saturated carbocycles. The maximum Gasteiger partial charge on any atom is 0.416 e. The minimum Gasteiger partial charge on any atom is -0.494 e. The fourth-order valence-electron chi connectivity index (χ4n) is 3.98. The van der Waals surface area contributed by atoms with E-state index < -0.39 is 11.7 Å². The summed E-state index contributed by atoms with van der Waals surface area (Å²) >= 11 is 0. The van der Waals surface area contributed by atoms with Gasteiger partial charge in [0.05, 0.1) is 23.2 Å². The normalized spacial score (nSPS) is 12.3. The summed E-state index contributed by atoms with van der Waals surface area (Å²) < 4.78 is 41.8. The molecule has 3 aromatic rings. The molecule has 0 spiro atoms. The lowest BCUT2D eigenvalue weighted by atomic mass is 10.1. The van der Waals surface area contributed by atoms with E-state index in [-0.39, 0.29) is 48.0 Å². The number of hydrogen-bond acceptors (Lipinski definition) is 4. The van der Waals surface area contributed by atoms with E-state index in [0.717, 1.165) is 23.3 Å². The first kappa shape index (κ1) is 26.0. The average molecular weight is 488 g/mol. The van der Waals surface area contributed by atoms with E-state index in [1.165, 1.54) is 15.5 Å². The van der Waals surface area contributed by atoms with E-state index in [1.807, 2.05) is 19.9 Å². The lowest BCUT2D eigenvalue weighted by Crippen LogP contribution is -2.22. The van der Waals surface area contributed by atoms with E-state index in [4.69, 9.17) is 0 Å². The van der Waals surface area contributed by atoms with Gasteiger partial charge < -0.3 is 10.0 Å². The minimum absolute atomic E-state index is 0.0268. The van der Waals surface area contributed by atoms with Crippen LogP contribution in [0.25, 0.3) is 16.6 Å². The number of benzene rings is 2. The van der Waals surface area contributed by atoms with Crippen molar-refractivity contribution in [1.29, 1.82) is 0 Å². The van der Waals surface area contributed by atoms with Gasteiger partial charge in [-0.2, -0.15) is 13.2 Å². The van der Waals surface area contributed by atoms with Crippen LogP contribution in [0, 0.1) is 13.8 Å². The summed E-state index contributed by atoms with van der Waals surface area (Å²) in [5.74, 6) is -0.689. The number of rotatable bonds is 7. The Morgan fingerprint density at radius 3 is 2.23 bits per heavy atom. The number of aromatic hydroxyl groups is 1. The van der Waals surface area contributed by atoms with Crippen LogP contribution in [0.15, 0.2) is 41.4 Å². The first-order chi connectivity index (χ1) is 16.3. The van der Waals surface area contributed by atoms with Gasteiger partial charge in [0.1, 0.15) is 0 Å². The van der Waals surface area contributed by atoms with Crippen molar-refractivity contribution >= 4 is 28.3 Å². The number of carbonyl (C=O) groups is 2. The van der Waals surface area contributed by atoms with Gasteiger partial charge in [-0.3, -0.25) is 19.1 Å². The molecule has 0 radical (unpaired) electrons. The zero-order chi connectivity index (χ0) is 26.1. The largest absolute Gasteiger partial charge is 0.494 e. The van der Waals surface area contributed by atoms with Crippen molar-refractivity contribution in [2.75, 3.05) is 20.6 Å². The minimum atomic E-state index is -4.55. The molecule has 6 nitrogen and oxygen atoms in total. The van der Waals surface area contributed by atoms with Crippen LogP contribution in [0.4, 0.5) is 13.2 Å².